The lowest BCUT2D eigenvalue weighted by atomic mass is 9.82. The molecule has 1 rings (SSSR count). The highest BCUT2D eigenvalue weighted by Crippen LogP contribution is 2.25. The lowest BCUT2D eigenvalue weighted by Gasteiger charge is -2.27. The van der Waals surface area contributed by atoms with Gasteiger partial charge in [0.05, 0.1) is 5.41 Å². The minimum Gasteiger partial charge on any atom is -0.481 e. The van der Waals surface area contributed by atoms with Crippen LogP contribution in [0.1, 0.15) is 32.3 Å². The van der Waals surface area contributed by atoms with Crippen molar-refractivity contribution in [3.63, 3.8) is 0 Å². The second-order valence-electron chi connectivity index (χ2n) is 4.53. The average Bonchev–Trinajstić information content (AvgIpc) is 2.35. The van der Waals surface area contributed by atoms with E-state index >= 15 is 0 Å². The van der Waals surface area contributed by atoms with E-state index in [2.05, 4.69) is 5.32 Å². The maximum Gasteiger partial charge on any atom is 0.310 e. The number of carboxylic acids is 1. The van der Waals surface area contributed by atoms with Gasteiger partial charge < -0.3 is 10.4 Å². The smallest absolute Gasteiger partial charge is 0.310 e. The van der Waals surface area contributed by atoms with Crippen LogP contribution in [0.3, 0.4) is 0 Å². The number of aliphatic carboxylic acids is 1. The van der Waals surface area contributed by atoms with Gasteiger partial charge in [-0.05, 0) is 30.5 Å². The zero-order chi connectivity index (χ0) is 13.6. The fourth-order valence-corrected chi connectivity index (χ4v) is 2.18. The van der Waals surface area contributed by atoms with E-state index in [1.54, 1.807) is 0 Å². The predicted octanol–water partition coefficient (Wildman–Crippen LogP) is 3.32. The highest BCUT2D eigenvalue weighted by atomic mass is 35.5. The van der Waals surface area contributed by atoms with E-state index < -0.39 is 11.4 Å². The second-order valence-corrected chi connectivity index (χ2v) is 4.96. The van der Waals surface area contributed by atoms with Crippen LogP contribution in [0.4, 0.5) is 0 Å². The van der Waals surface area contributed by atoms with E-state index in [1.807, 2.05) is 38.1 Å². The zero-order valence-corrected chi connectivity index (χ0v) is 11.6. The standard InChI is InChI=1S/C14H20ClNO2/c1-3-14(4-2,13(17)18)10-16-9-11-6-5-7-12(15)8-11/h5-8,16H,3-4,9-10H2,1-2H3,(H,17,18). The highest BCUT2D eigenvalue weighted by Gasteiger charge is 2.34. The van der Waals surface area contributed by atoms with Crippen LogP contribution in [0.5, 0.6) is 0 Å². The summed E-state index contributed by atoms with van der Waals surface area (Å²) in [7, 11) is 0. The number of hydrogen-bond acceptors (Lipinski definition) is 2. The summed E-state index contributed by atoms with van der Waals surface area (Å²) in [6.07, 6.45) is 1.25. The van der Waals surface area contributed by atoms with E-state index in [1.165, 1.54) is 0 Å². The van der Waals surface area contributed by atoms with Gasteiger partial charge in [0.15, 0.2) is 0 Å². The van der Waals surface area contributed by atoms with Gasteiger partial charge in [0, 0.05) is 18.1 Å². The maximum absolute atomic E-state index is 11.3. The Balaban J connectivity index is 2.57. The first-order valence-electron chi connectivity index (χ1n) is 6.22. The topological polar surface area (TPSA) is 49.3 Å². The minimum absolute atomic E-state index is 0.474. The zero-order valence-electron chi connectivity index (χ0n) is 10.9. The van der Waals surface area contributed by atoms with Crippen LogP contribution in [0, 0.1) is 5.41 Å². The van der Waals surface area contributed by atoms with Crippen LogP contribution in [0.2, 0.25) is 5.02 Å². The first-order chi connectivity index (χ1) is 8.54. The molecule has 2 N–H and O–H groups in total. The van der Waals surface area contributed by atoms with Crippen molar-refractivity contribution < 1.29 is 9.90 Å². The van der Waals surface area contributed by atoms with Gasteiger partial charge in [-0.1, -0.05) is 37.6 Å². The van der Waals surface area contributed by atoms with Gasteiger partial charge in [-0.15, -0.1) is 0 Å². The van der Waals surface area contributed by atoms with Crippen LogP contribution in [0.15, 0.2) is 24.3 Å². The Morgan fingerprint density at radius 3 is 2.56 bits per heavy atom. The monoisotopic (exact) mass is 269 g/mol. The third kappa shape index (κ3) is 3.72. The summed E-state index contributed by atoms with van der Waals surface area (Å²) in [5.41, 5.74) is 0.396. The molecule has 0 spiro atoms. The minimum atomic E-state index is -0.730. The van der Waals surface area contributed by atoms with E-state index in [9.17, 15) is 9.90 Å². The van der Waals surface area contributed by atoms with E-state index in [0.29, 0.717) is 31.0 Å². The summed E-state index contributed by atoms with van der Waals surface area (Å²) >= 11 is 5.90. The maximum atomic E-state index is 11.3. The normalized spacial score (nSPS) is 11.5. The first kappa shape index (κ1) is 15.0. The van der Waals surface area contributed by atoms with E-state index in [4.69, 9.17) is 11.6 Å². The van der Waals surface area contributed by atoms with Crippen molar-refractivity contribution in [1.82, 2.24) is 5.32 Å². The molecule has 0 aliphatic rings. The second kappa shape index (κ2) is 6.76. The third-order valence-corrected chi connectivity index (χ3v) is 3.72. The molecule has 18 heavy (non-hydrogen) atoms. The van der Waals surface area contributed by atoms with Gasteiger partial charge in [-0.25, -0.2) is 0 Å². The van der Waals surface area contributed by atoms with Crippen LogP contribution >= 0.6 is 11.6 Å². The van der Waals surface area contributed by atoms with Crippen molar-refractivity contribution >= 4 is 17.6 Å². The van der Waals surface area contributed by atoms with Crippen LogP contribution < -0.4 is 5.32 Å². The van der Waals surface area contributed by atoms with Crippen molar-refractivity contribution in [1.29, 1.82) is 0 Å². The number of benzene rings is 1. The molecule has 0 atom stereocenters. The Morgan fingerprint density at radius 2 is 2.06 bits per heavy atom. The molecule has 0 saturated heterocycles. The van der Waals surface area contributed by atoms with Gasteiger partial charge in [-0.2, -0.15) is 0 Å². The summed E-state index contributed by atoms with van der Waals surface area (Å²) in [6, 6.07) is 7.57. The molecule has 0 radical (unpaired) electrons. The molecule has 1 aromatic carbocycles. The average molecular weight is 270 g/mol. The molecule has 0 saturated carbocycles. The van der Waals surface area contributed by atoms with Gasteiger partial charge in [0.2, 0.25) is 0 Å². The summed E-state index contributed by atoms with van der Waals surface area (Å²) in [6.45, 7) is 4.94. The van der Waals surface area contributed by atoms with E-state index in [-0.39, 0.29) is 0 Å². The van der Waals surface area contributed by atoms with Gasteiger partial charge >= 0.3 is 5.97 Å². The van der Waals surface area contributed by atoms with Crippen LogP contribution in [-0.2, 0) is 11.3 Å². The highest BCUT2D eigenvalue weighted by molar-refractivity contribution is 6.30. The summed E-state index contributed by atoms with van der Waals surface area (Å²) < 4.78 is 0. The number of nitrogens with one attached hydrogen (secondary N) is 1. The fraction of sp³-hybridized carbons (Fsp3) is 0.500. The number of carbonyl (C=O) groups is 1. The molecule has 0 heterocycles. The number of hydrogen-bond donors (Lipinski definition) is 2. The molecule has 1 aromatic rings. The van der Waals surface area contributed by atoms with Crippen molar-refractivity contribution in [2.75, 3.05) is 6.54 Å². The molecule has 100 valence electrons. The third-order valence-electron chi connectivity index (χ3n) is 3.49. The lowest BCUT2D eigenvalue weighted by Crippen LogP contribution is -2.39. The molecule has 0 fully saturated rings. The fourth-order valence-electron chi connectivity index (χ4n) is 1.97. The van der Waals surface area contributed by atoms with E-state index in [0.717, 1.165) is 5.56 Å². The Kier molecular flexibility index (Phi) is 5.63. The largest absolute Gasteiger partial charge is 0.481 e. The molecule has 0 bridgehead atoms. The molecule has 4 heteroatoms. The van der Waals surface area contributed by atoms with Crippen molar-refractivity contribution in [3.05, 3.63) is 34.9 Å². The molecular weight excluding hydrogens is 250 g/mol. The summed E-state index contributed by atoms with van der Waals surface area (Å²) in [4.78, 5) is 11.3. The molecule has 3 nitrogen and oxygen atoms in total. The molecule has 0 aliphatic heterocycles. The quantitative estimate of drug-likeness (QED) is 0.798. The SMILES string of the molecule is CCC(CC)(CNCc1cccc(Cl)c1)C(=O)O. The van der Waals surface area contributed by atoms with Gasteiger partial charge in [0.1, 0.15) is 0 Å². The van der Waals surface area contributed by atoms with Crippen molar-refractivity contribution in [3.8, 4) is 0 Å². The molecule has 0 aliphatic carbocycles. The Labute approximate surface area is 113 Å². The van der Waals surface area contributed by atoms with Crippen LogP contribution in [-0.4, -0.2) is 17.6 Å². The number of carboxylic acid groups (broad SMARTS) is 1. The van der Waals surface area contributed by atoms with Crippen LogP contribution in [0.25, 0.3) is 0 Å². The summed E-state index contributed by atoms with van der Waals surface area (Å²) in [5, 5.41) is 13.2. The van der Waals surface area contributed by atoms with Gasteiger partial charge in [-0.3, -0.25) is 4.79 Å². The predicted molar refractivity (Wildman–Crippen MR) is 73.8 cm³/mol. The van der Waals surface area contributed by atoms with Crippen molar-refractivity contribution in [2.45, 2.75) is 33.2 Å². The molecule has 0 aromatic heterocycles. The number of halogens is 1. The number of rotatable bonds is 7. The summed E-state index contributed by atoms with van der Waals surface area (Å²) in [5.74, 6) is -0.730. The Hall–Kier alpha value is -1.06. The molecule has 0 unspecified atom stereocenters. The Morgan fingerprint density at radius 1 is 1.39 bits per heavy atom. The Bertz CT molecular complexity index is 403. The molecular formula is C14H20ClNO2. The molecule has 0 amide bonds. The first-order valence-corrected chi connectivity index (χ1v) is 6.60. The lowest BCUT2D eigenvalue weighted by molar-refractivity contribution is -0.149. The van der Waals surface area contributed by atoms with Crippen molar-refractivity contribution in [2.24, 2.45) is 5.41 Å². The van der Waals surface area contributed by atoms with Gasteiger partial charge in [0.25, 0.3) is 0 Å².